The Morgan fingerprint density at radius 2 is 1.15 bits per heavy atom. The first-order chi connectivity index (χ1) is 15.3. The summed E-state index contributed by atoms with van der Waals surface area (Å²) in [5.41, 5.74) is 0. The van der Waals surface area contributed by atoms with Gasteiger partial charge >= 0.3 is 17.9 Å². The Hall–Kier alpha value is -2.69. The third-order valence-electron chi connectivity index (χ3n) is 3.97. The molecule has 0 heterocycles. The van der Waals surface area contributed by atoms with Crippen molar-refractivity contribution in [3.8, 4) is 0 Å². The van der Waals surface area contributed by atoms with Crippen LogP contribution in [0, 0.1) is 0 Å². The standard InChI is InChI=1S/C12H21NO5.C10H19NO4/c1-5-11(13-9(3)14)7-17-12(16)6-8(2)18-10(4)15;1-4-9(11-8(3)13)6-15-10(14)5-7(2)12/h8,11H,5-7H2,1-4H3,(H,13,14);7,9,12H,4-6H2,1-3H3,(H,11,13)/t8-,11-;7-,9-/m11/s1. The Labute approximate surface area is 195 Å². The second-order valence-corrected chi connectivity index (χ2v) is 7.65. The van der Waals surface area contributed by atoms with E-state index < -0.39 is 30.1 Å². The molecule has 0 saturated carbocycles. The predicted molar refractivity (Wildman–Crippen MR) is 120 cm³/mol. The van der Waals surface area contributed by atoms with Crippen LogP contribution in [0.25, 0.3) is 0 Å². The molecule has 0 spiro atoms. The number of aliphatic hydroxyl groups is 1. The highest BCUT2D eigenvalue weighted by Crippen LogP contribution is 2.02. The van der Waals surface area contributed by atoms with Gasteiger partial charge in [0.25, 0.3) is 0 Å². The van der Waals surface area contributed by atoms with E-state index in [-0.39, 0.29) is 50.0 Å². The molecule has 0 unspecified atom stereocenters. The van der Waals surface area contributed by atoms with E-state index in [0.717, 1.165) is 0 Å². The van der Waals surface area contributed by atoms with Gasteiger partial charge in [-0.3, -0.25) is 24.0 Å². The number of hydrogen-bond donors (Lipinski definition) is 3. The summed E-state index contributed by atoms with van der Waals surface area (Å²) in [5, 5.41) is 14.2. The molecule has 0 aliphatic carbocycles. The van der Waals surface area contributed by atoms with Crippen LogP contribution >= 0.6 is 0 Å². The van der Waals surface area contributed by atoms with Gasteiger partial charge in [-0.15, -0.1) is 0 Å². The molecule has 11 nitrogen and oxygen atoms in total. The first kappa shape index (κ1) is 32.5. The van der Waals surface area contributed by atoms with Crippen molar-refractivity contribution in [2.24, 2.45) is 0 Å². The number of aliphatic hydroxyl groups excluding tert-OH is 1. The first-order valence-corrected chi connectivity index (χ1v) is 11.0. The average Bonchev–Trinajstić information content (AvgIpc) is 2.67. The topological polar surface area (TPSA) is 157 Å². The highest BCUT2D eigenvalue weighted by Gasteiger charge is 2.15. The summed E-state index contributed by atoms with van der Waals surface area (Å²) in [7, 11) is 0. The Morgan fingerprint density at radius 1 is 0.758 bits per heavy atom. The van der Waals surface area contributed by atoms with E-state index in [0.29, 0.717) is 12.8 Å². The van der Waals surface area contributed by atoms with E-state index in [1.54, 1.807) is 6.92 Å². The SMILES string of the molecule is CC[C@H](COC(=O)C[C@@H](C)O)NC(C)=O.CC[C@H](COC(=O)C[C@@H](C)OC(C)=O)NC(C)=O. The molecule has 0 aliphatic heterocycles. The van der Waals surface area contributed by atoms with Crippen molar-refractivity contribution in [3.63, 3.8) is 0 Å². The molecule has 0 rings (SSSR count). The van der Waals surface area contributed by atoms with Gasteiger partial charge in [0, 0.05) is 20.8 Å². The number of ether oxygens (including phenoxy) is 3. The number of nitrogens with one attached hydrogen (secondary N) is 2. The van der Waals surface area contributed by atoms with Crippen molar-refractivity contribution < 1.29 is 43.3 Å². The van der Waals surface area contributed by atoms with Gasteiger partial charge in [0.15, 0.2) is 0 Å². The zero-order valence-electron chi connectivity index (χ0n) is 20.8. The summed E-state index contributed by atoms with van der Waals surface area (Å²) >= 11 is 0. The second kappa shape index (κ2) is 18.8. The Balaban J connectivity index is 0. The lowest BCUT2D eigenvalue weighted by Gasteiger charge is -2.17. The quantitative estimate of drug-likeness (QED) is 0.260. The second-order valence-electron chi connectivity index (χ2n) is 7.65. The molecule has 2 amide bonds. The van der Waals surface area contributed by atoms with Gasteiger partial charge in [-0.2, -0.15) is 0 Å². The molecule has 0 saturated heterocycles. The molecule has 0 fully saturated rings. The number of carbonyl (C=O) groups is 5. The largest absolute Gasteiger partial charge is 0.463 e. The predicted octanol–water partition coefficient (Wildman–Crippen LogP) is 1.00. The van der Waals surface area contributed by atoms with Crippen molar-refractivity contribution in [3.05, 3.63) is 0 Å². The van der Waals surface area contributed by atoms with Crippen LogP contribution < -0.4 is 10.6 Å². The van der Waals surface area contributed by atoms with Gasteiger partial charge in [0.1, 0.15) is 19.3 Å². The molecule has 3 N–H and O–H groups in total. The highest BCUT2D eigenvalue weighted by molar-refractivity contribution is 5.74. The van der Waals surface area contributed by atoms with E-state index >= 15 is 0 Å². The summed E-state index contributed by atoms with van der Waals surface area (Å²) in [6.45, 7) is 11.3. The van der Waals surface area contributed by atoms with Gasteiger partial charge in [-0.25, -0.2) is 0 Å². The molecular formula is C22H40N2O9. The third-order valence-corrected chi connectivity index (χ3v) is 3.97. The van der Waals surface area contributed by atoms with E-state index in [1.165, 1.54) is 27.7 Å². The molecule has 0 aliphatic rings. The van der Waals surface area contributed by atoms with Gasteiger partial charge < -0.3 is 30.0 Å². The van der Waals surface area contributed by atoms with Gasteiger partial charge in [0.2, 0.25) is 11.8 Å². The molecule has 11 heteroatoms. The van der Waals surface area contributed by atoms with Crippen LogP contribution in [0.4, 0.5) is 0 Å². The van der Waals surface area contributed by atoms with Crippen molar-refractivity contribution in [2.45, 2.75) is 98.4 Å². The zero-order valence-corrected chi connectivity index (χ0v) is 20.8. The molecule has 0 radical (unpaired) electrons. The highest BCUT2D eigenvalue weighted by atomic mass is 16.6. The van der Waals surface area contributed by atoms with Crippen LogP contribution in [0.2, 0.25) is 0 Å². The van der Waals surface area contributed by atoms with Crippen LogP contribution in [0.15, 0.2) is 0 Å². The van der Waals surface area contributed by atoms with E-state index in [9.17, 15) is 24.0 Å². The summed E-state index contributed by atoms with van der Waals surface area (Å²) in [6.07, 6.45) is 0.162. The van der Waals surface area contributed by atoms with Gasteiger partial charge in [-0.1, -0.05) is 13.8 Å². The Kier molecular flexibility index (Phi) is 18.5. The van der Waals surface area contributed by atoms with E-state index in [1.807, 2.05) is 13.8 Å². The van der Waals surface area contributed by atoms with Crippen LogP contribution in [-0.2, 0) is 38.2 Å². The number of amides is 2. The summed E-state index contributed by atoms with van der Waals surface area (Å²) in [6, 6.07) is -0.337. The fraction of sp³-hybridized carbons (Fsp3) is 0.773. The van der Waals surface area contributed by atoms with Crippen LogP contribution in [0.3, 0.4) is 0 Å². The van der Waals surface area contributed by atoms with E-state index in [2.05, 4.69) is 10.6 Å². The summed E-state index contributed by atoms with van der Waals surface area (Å²) < 4.78 is 14.7. The van der Waals surface area contributed by atoms with Crippen LogP contribution in [-0.4, -0.2) is 72.3 Å². The Bertz CT molecular complexity index is 623. The zero-order chi connectivity index (χ0) is 26.0. The smallest absolute Gasteiger partial charge is 0.309 e. The molecule has 0 aromatic carbocycles. The summed E-state index contributed by atoms with van der Waals surface area (Å²) in [4.78, 5) is 54.7. The maximum absolute atomic E-state index is 11.4. The van der Waals surface area contributed by atoms with E-state index in [4.69, 9.17) is 19.3 Å². The lowest BCUT2D eigenvalue weighted by Crippen LogP contribution is -2.37. The van der Waals surface area contributed by atoms with Gasteiger partial charge in [0.05, 0.1) is 31.0 Å². The maximum Gasteiger partial charge on any atom is 0.309 e. The lowest BCUT2D eigenvalue weighted by atomic mass is 10.2. The molecule has 4 atom stereocenters. The normalized spacial score (nSPS) is 13.7. The molecule has 0 aromatic heterocycles. The number of hydrogen-bond acceptors (Lipinski definition) is 9. The minimum Gasteiger partial charge on any atom is -0.463 e. The monoisotopic (exact) mass is 476 g/mol. The molecule has 0 aromatic rings. The van der Waals surface area contributed by atoms with Gasteiger partial charge in [-0.05, 0) is 26.7 Å². The number of esters is 3. The maximum atomic E-state index is 11.4. The van der Waals surface area contributed by atoms with Crippen molar-refractivity contribution >= 4 is 29.7 Å². The molecule has 33 heavy (non-hydrogen) atoms. The van der Waals surface area contributed by atoms with Crippen molar-refractivity contribution in [2.75, 3.05) is 13.2 Å². The van der Waals surface area contributed by atoms with Crippen molar-refractivity contribution in [1.29, 1.82) is 0 Å². The first-order valence-electron chi connectivity index (χ1n) is 11.0. The average molecular weight is 477 g/mol. The minimum absolute atomic E-state index is 0.0100. The molecular weight excluding hydrogens is 436 g/mol. The summed E-state index contributed by atoms with van der Waals surface area (Å²) in [5.74, 6) is -1.64. The number of carbonyl (C=O) groups excluding carboxylic acids is 5. The lowest BCUT2D eigenvalue weighted by molar-refractivity contribution is -0.153. The third kappa shape index (κ3) is 22.3. The minimum atomic E-state index is -0.696. The van der Waals surface area contributed by atoms with Crippen molar-refractivity contribution in [1.82, 2.24) is 10.6 Å². The molecule has 0 bridgehead atoms. The number of rotatable bonds is 13. The van der Waals surface area contributed by atoms with Crippen LogP contribution in [0.1, 0.15) is 74.1 Å². The van der Waals surface area contributed by atoms with Crippen LogP contribution in [0.5, 0.6) is 0 Å². The molecule has 192 valence electrons. The fourth-order valence-electron chi connectivity index (χ4n) is 2.40. The Morgan fingerprint density at radius 3 is 1.45 bits per heavy atom. The fourth-order valence-corrected chi connectivity index (χ4v) is 2.40.